The topological polar surface area (TPSA) is 85.6 Å². The third kappa shape index (κ3) is 5.11. The first-order valence-corrected chi connectivity index (χ1v) is 9.64. The summed E-state index contributed by atoms with van der Waals surface area (Å²) in [6, 6.07) is 8.16. The highest BCUT2D eigenvalue weighted by molar-refractivity contribution is 9.10. The van der Waals surface area contributed by atoms with E-state index in [1.54, 1.807) is 18.2 Å². The SMILES string of the molecule is CCOc1ccc(Br)cc1NC(=O)c1ccc(CS(C)(=O)=O)o1. The molecule has 1 amide bonds. The van der Waals surface area contributed by atoms with Crippen molar-refractivity contribution >= 4 is 37.4 Å². The van der Waals surface area contributed by atoms with Gasteiger partial charge in [0.05, 0.1) is 12.3 Å². The van der Waals surface area contributed by atoms with Crippen molar-refractivity contribution in [1.82, 2.24) is 0 Å². The van der Waals surface area contributed by atoms with Crippen molar-refractivity contribution < 1.29 is 22.4 Å². The van der Waals surface area contributed by atoms with E-state index in [-0.39, 0.29) is 17.3 Å². The van der Waals surface area contributed by atoms with Crippen LogP contribution in [-0.4, -0.2) is 27.2 Å². The van der Waals surface area contributed by atoms with E-state index in [4.69, 9.17) is 9.15 Å². The van der Waals surface area contributed by atoms with Crippen LogP contribution in [0.4, 0.5) is 5.69 Å². The van der Waals surface area contributed by atoms with Gasteiger partial charge in [-0.25, -0.2) is 8.42 Å². The Kier molecular flexibility index (Phi) is 5.48. The normalized spacial score (nSPS) is 11.3. The number of hydrogen-bond acceptors (Lipinski definition) is 5. The minimum absolute atomic E-state index is 0.0334. The Balaban J connectivity index is 2.18. The second-order valence-electron chi connectivity index (χ2n) is 4.86. The van der Waals surface area contributed by atoms with Gasteiger partial charge in [0.2, 0.25) is 0 Å². The number of carbonyl (C=O) groups excluding carboxylic acids is 1. The van der Waals surface area contributed by atoms with Crippen molar-refractivity contribution in [3.8, 4) is 5.75 Å². The fourth-order valence-electron chi connectivity index (χ4n) is 1.90. The van der Waals surface area contributed by atoms with Crippen LogP contribution in [0.5, 0.6) is 5.75 Å². The van der Waals surface area contributed by atoms with Gasteiger partial charge in [0.15, 0.2) is 15.6 Å². The van der Waals surface area contributed by atoms with Crippen molar-refractivity contribution in [3.05, 3.63) is 46.3 Å². The molecule has 1 aromatic carbocycles. The Morgan fingerprint density at radius 3 is 2.70 bits per heavy atom. The number of rotatable bonds is 6. The molecule has 0 bridgehead atoms. The van der Waals surface area contributed by atoms with Gasteiger partial charge < -0.3 is 14.5 Å². The molecule has 1 N–H and O–H groups in total. The highest BCUT2D eigenvalue weighted by Crippen LogP contribution is 2.29. The van der Waals surface area contributed by atoms with Crippen molar-refractivity contribution in [2.24, 2.45) is 0 Å². The van der Waals surface area contributed by atoms with Crippen LogP contribution in [0.3, 0.4) is 0 Å². The van der Waals surface area contributed by atoms with Crippen LogP contribution >= 0.6 is 15.9 Å². The molecule has 0 aliphatic rings. The number of carbonyl (C=O) groups is 1. The van der Waals surface area contributed by atoms with Gasteiger partial charge in [-0.15, -0.1) is 0 Å². The zero-order valence-corrected chi connectivity index (χ0v) is 15.0. The lowest BCUT2D eigenvalue weighted by Crippen LogP contribution is -2.12. The molecule has 23 heavy (non-hydrogen) atoms. The Hall–Kier alpha value is -1.80. The molecule has 2 rings (SSSR count). The summed E-state index contributed by atoms with van der Waals surface area (Å²) in [6.07, 6.45) is 1.10. The standard InChI is InChI=1S/C15H16BrNO5S/c1-3-21-13-6-4-10(16)8-12(13)17-15(18)14-7-5-11(22-14)9-23(2,19)20/h4-8H,3,9H2,1-2H3,(H,17,18). The van der Waals surface area contributed by atoms with Crippen LogP contribution in [-0.2, 0) is 15.6 Å². The summed E-state index contributed by atoms with van der Waals surface area (Å²) >= 11 is 3.33. The molecule has 6 nitrogen and oxygen atoms in total. The average molecular weight is 402 g/mol. The van der Waals surface area contributed by atoms with Gasteiger partial charge in [0.25, 0.3) is 5.91 Å². The van der Waals surface area contributed by atoms with Gasteiger partial charge in [-0.05, 0) is 37.3 Å². The lowest BCUT2D eigenvalue weighted by molar-refractivity contribution is 0.0994. The van der Waals surface area contributed by atoms with Crippen LogP contribution in [0.1, 0.15) is 23.2 Å². The average Bonchev–Trinajstić information content (AvgIpc) is 2.88. The molecule has 0 fully saturated rings. The van der Waals surface area contributed by atoms with Crippen molar-refractivity contribution in [3.63, 3.8) is 0 Å². The molecule has 0 aliphatic carbocycles. The van der Waals surface area contributed by atoms with Crippen LogP contribution in [0.25, 0.3) is 0 Å². The number of sulfone groups is 1. The number of benzene rings is 1. The number of hydrogen-bond donors (Lipinski definition) is 1. The number of amides is 1. The molecule has 0 unspecified atom stereocenters. The summed E-state index contributed by atoms with van der Waals surface area (Å²) in [5.41, 5.74) is 0.493. The minimum Gasteiger partial charge on any atom is -0.492 e. The van der Waals surface area contributed by atoms with E-state index in [9.17, 15) is 13.2 Å². The summed E-state index contributed by atoms with van der Waals surface area (Å²) in [5, 5.41) is 2.69. The first-order valence-electron chi connectivity index (χ1n) is 6.78. The smallest absolute Gasteiger partial charge is 0.291 e. The molecule has 0 saturated heterocycles. The molecule has 8 heteroatoms. The summed E-state index contributed by atoms with van der Waals surface area (Å²) in [7, 11) is -3.22. The van der Waals surface area contributed by atoms with E-state index in [0.717, 1.165) is 10.7 Å². The fourth-order valence-corrected chi connectivity index (χ4v) is 2.93. The van der Waals surface area contributed by atoms with E-state index >= 15 is 0 Å². The molecule has 1 heterocycles. The van der Waals surface area contributed by atoms with Crippen LogP contribution in [0.15, 0.2) is 39.2 Å². The Labute approximate surface area is 142 Å². The highest BCUT2D eigenvalue weighted by atomic mass is 79.9. The molecular weight excluding hydrogens is 386 g/mol. The Bertz CT molecular complexity index is 813. The number of furan rings is 1. The summed E-state index contributed by atoms with van der Waals surface area (Å²) in [5.74, 6) is 0.0558. The molecular formula is C15H16BrNO5S. The van der Waals surface area contributed by atoms with E-state index in [1.807, 2.05) is 6.92 Å². The monoisotopic (exact) mass is 401 g/mol. The zero-order valence-electron chi connectivity index (χ0n) is 12.6. The molecule has 0 saturated carbocycles. The number of anilines is 1. The maximum atomic E-state index is 12.2. The Morgan fingerprint density at radius 2 is 2.04 bits per heavy atom. The lowest BCUT2D eigenvalue weighted by atomic mass is 10.3. The molecule has 2 aromatic rings. The van der Waals surface area contributed by atoms with Gasteiger partial charge >= 0.3 is 0 Å². The van der Waals surface area contributed by atoms with Gasteiger partial charge in [0, 0.05) is 10.7 Å². The third-order valence-electron chi connectivity index (χ3n) is 2.78. The molecule has 124 valence electrons. The van der Waals surface area contributed by atoms with E-state index in [0.29, 0.717) is 18.0 Å². The van der Waals surface area contributed by atoms with Crippen LogP contribution in [0, 0.1) is 0 Å². The van der Waals surface area contributed by atoms with Crippen LogP contribution < -0.4 is 10.1 Å². The number of ether oxygens (including phenoxy) is 1. The molecule has 0 atom stereocenters. The maximum absolute atomic E-state index is 12.2. The van der Waals surface area contributed by atoms with E-state index in [2.05, 4.69) is 21.2 Å². The minimum atomic E-state index is -3.22. The second kappa shape index (κ2) is 7.18. The number of halogens is 1. The summed E-state index contributed by atoms with van der Waals surface area (Å²) in [6.45, 7) is 2.31. The van der Waals surface area contributed by atoms with Crippen molar-refractivity contribution in [2.75, 3.05) is 18.2 Å². The highest BCUT2D eigenvalue weighted by Gasteiger charge is 2.16. The van der Waals surface area contributed by atoms with Crippen molar-refractivity contribution in [2.45, 2.75) is 12.7 Å². The maximum Gasteiger partial charge on any atom is 0.291 e. The first-order chi connectivity index (χ1) is 10.8. The second-order valence-corrected chi connectivity index (χ2v) is 7.92. The van der Waals surface area contributed by atoms with Gasteiger partial charge in [-0.3, -0.25) is 4.79 Å². The molecule has 0 aliphatic heterocycles. The predicted molar refractivity (Wildman–Crippen MR) is 90.5 cm³/mol. The lowest BCUT2D eigenvalue weighted by Gasteiger charge is -2.11. The largest absolute Gasteiger partial charge is 0.492 e. The molecule has 0 radical (unpaired) electrons. The van der Waals surface area contributed by atoms with Gasteiger partial charge in [-0.2, -0.15) is 0 Å². The molecule has 0 spiro atoms. The van der Waals surface area contributed by atoms with E-state index < -0.39 is 15.7 Å². The van der Waals surface area contributed by atoms with Crippen molar-refractivity contribution in [1.29, 1.82) is 0 Å². The summed E-state index contributed by atoms with van der Waals surface area (Å²) < 4.78 is 34.0. The van der Waals surface area contributed by atoms with Crippen LogP contribution in [0.2, 0.25) is 0 Å². The van der Waals surface area contributed by atoms with Gasteiger partial charge in [-0.1, -0.05) is 15.9 Å². The predicted octanol–water partition coefficient (Wildman–Crippen LogP) is 3.24. The summed E-state index contributed by atoms with van der Waals surface area (Å²) in [4.78, 5) is 12.2. The quantitative estimate of drug-likeness (QED) is 0.802. The third-order valence-corrected chi connectivity index (χ3v) is 4.08. The molecule has 1 aromatic heterocycles. The van der Waals surface area contributed by atoms with Gasteiger partial charge in [0.1, 0.15) is 17.3 Å². The first kappa shape index (κ1) is 17.6. The van der Waals surface area contributed by atoms with E-state index in [1.165, 1.54) is 12.1 Å². The number of nitrogens with one attached hydrogen (secondary N) is 1. The zero-order chi connectivity index (χ0) is 17.0. The Morgan fingerprint density at radius 1 is 1.30 bits per heavy atom. The fraction of sp³-hybridized carbons (Fsp3) is 0.267.